The average Bonchev–Trinajstić information content (AvgIpc) is 3.10. The monoisotopic (exact) mass is 421 g/mol. The molecule has 164 valence electrons. The van der Waals surface area contributed by atoms with Gasteiger partial charge in [0, 0.05) is 32.5 Å². The van der Waals surface area contributed by atoms with Gasteiger partial charge in [0.1, 0.15) is 17.0 Å². The number of rotatable bonds is 6. The van der Waals surface area contributed by atoms with Gasteiger partial charge >= 0.3 is 0 Å². The fraction of sp³-hybridized carbons (Fsp3) is 0.500. The lowest BCUT2D eigenvalue weighted by molar-refractivity contribution is -0.121. The Morgan fingerprint density at radius 1 is 1.19 bits per heavy atom. The third-order valence-corrected chi connectivity index (χ3v) is 5.85. The van der Waals surface area contributed by atoms with Crippen LogP contribution in [0.1, 0.15) is 49.3 Å². The SMILES string of the molecule is Cc1cccc(CNC(=O)CCc2nc(N3CC(C)CC(C)C3)c3c(C)noc3n2)c1. The predicted molar refractivity (Wildman–Crippen MR) is 121 cm³/mol. The molecule has 0 spiro atoms. The van der Waals surface area contributed by atoms with Crippen molar-refractivity contribution >= 4 is 22.8 Å². The molecule has 0 aliphatic carbocycles. The average molecular weight is 422 g/mol. The van der Waals surface area contributed by atoms with Gasteiger partial charge in [-0.3, -0.25) is 4.79 Å². The van der Waals surface area contributed by atoms with Gasteiger partial charge in [-0.2, -0.15) is 4.98 Å². The van der Waals surface area contributed by atoms with Crippen LogP contribution in [0.15, 0.2) is 28.8 Å². The predicted octanol–water partition coefficient (Wildman–Crippen LogP) is 3.97. The van der Waals surface area contributed by atoms with Gasteiger partial charge in [0.2, 0.25) is 5.91 Å². The molecule has 31 heavy (non-hydrogen) atoms. The van der Waals surface area contributed by atoms with Crippen molar-refractivity contribution in [1.82, 2.24) is 20.4 Å². The smallest absolute Gasteiger partial charge is 0.263 e. The Balaban J connectivity index is 1.47. The number of hydrogen-bond acceptors (Lipinski definition) is 6. The van der Waals surface area contributed by atoms with E-state index in [1.54, 1.807) is 0 Å². The number of piperidine rings is 1. The van der Waals surface area contributed by atoms with Gasteiger partial charge in [0.25, 0.3) is 5.71 Å². The minimum atomic E-state index is -0.0132. The maximum absolute atomic E-state index is 12.4. The molecule has 2 atom stereocenters. The second-order valence-electron chi connectivity index (χ2n) is 9.03. The zero-order valence-corrected chi connectivity index (χ0v) is 18.8. The fourth-order valence-corrected chi connectivity index (χ4v) is 4.52. The van der Waals surface area contributed by atoms with Crippen LogP contribution in [0.2, 0.25) is 0 Å². The molecule has 1 fully saturated rings. The molecule has 1 aromatic carbocycles. The van der Waals surface area contributed by atoms with E-state index >= 15 is 0 Å². The van der Waals surface area contributed by atoms with Crippen molar-refractivity contribution in [3.63, 3.8) is 0 Å². The summed E-state index contributed by atoms with van der Waals surface area (Å²) in [5, 5.41) is 7.98. The lowest BCUT2D eigenvalue weighted by Crippen LogP contribution is -2.39. The van der Waals surface area contributed by atoms with Crippen LogP contribution < -0.4 is 10.2 Å². The van der Waals surface area contributed by atoms with Crippen LogP contribution in [-0.4, -0.2) is 34.1 Å². The van der Waals surface area contributed by atoms with Crippen LogP contribution in [-0.2, 0) is 17.8 Å². The van der Waals surface area contributed by atoms with E-state index in [2.05, 4.69) is 40.3 Å². The first-order chi connectivity index (χ1) is 14.9. The molecular weight excluding hydrogens is 390 g/mol. The minimum absolute atomic E-state index is 0.0132. The number of nitrogens with zero attached hydrogens (tertiary/aromatic N) is 4. The van der Waals surface area contributed by atoms with Crippen LogP contribution in [0.25, 0.3) is 11.1 Å². The Kier molecular flexibility index (Phi) is 6.20. The molecule has 4 rings (SSSR count). The number of nitrogens with one attached hydrogen (secondary N) is 1. The van der Waals surface area contributed by atoms with Crippen LogP contribution in [0.3, 0.4) is 0 Å². The van der Waals surface area contributed by atoms with Gasteiger partial charge < -0.3 is 14.7 Å². The van der Waals surface area contributed by atoms with Gasteiger partial charge in [0.05, 0.1) is 5.69 Å². The second-order valence-corrected chi connectivity index (χ2v) is 9.03. The zero-order chi connectivity index (χ0) is 22.0. The molecule has 1 saturated heterocycles. The summed E-state index contributed by atoms with van der Waals surface area (Å²) in [4.78, 5) is 24.1. The number of anilines is 1. The Morgan fingerprint density at radius 3 is 2.71 bits per heavy atom. The number of aryl methyl sites for hydroxylation is 3. The molecule has 1 aliphatic heterocycles. The fourth-order valence-electron chi connectivity index (χ4n) is 4.52. The van der Waals surface area contributed by atoms with Gasteiger partial charge in [-0.05, 0) is 37.7 Å². The van der Waals surface area contributed by atoms with Gasteiger partial charge in [-0.1, -0.05) is 48.8 Å². The van der Waals surface area contributed by atoms with E-state index in [9.17, 15) is 4.79 Å². The molecule has 0 radical (unpaired) electrons. The van der Waals surface area contributed by atoms with Crippen molar-refractivity contribution in [2.75, 3.05) is 18.0 Å². The second kappa shape index (κ2) is 9.04. The lowest BCUT2D eigenvalue weighted by atomic mass is 9.92. The standard InChI is InChI=1S/C24H31N5O2/c1-15-6-5-7-19(11-15)12-25-21(30)9-8-20-26-23(22-18(4)28-31-24(22)27-20)29-13-16(2)10-17(3)14-29/h5-7,11,16-17H,8-10,12-14H2,1-4H3,(H,25,30). The van der Waals surface area contributed by atoms with E-state index in [0.29, 0.717) is 42.8 Å². The third kappa shape index (κ3) is 5.03. The van der Waals surface area contributed by atoms with Crippen LogP contribution in [0.4, 0.5) is 5.82 Å². The van der Waals surface area contributed by atoms with Crippen molar-refractivity contribution in [2.24, 2.45) is 11.8 Å². The van der Waals surface area contributed by atoms with Crippen LogP contribution >= 0.6 is 0 Å². The highest BCUT2D eigenvalue weighted by Crippen LogP contribution is 2.31. The van der Waals surface area contributed by atoms with Crippen molar-refractivity contribution in [1.29, 1.82) is 0 Å². The van der Waals surface area contributed by atoms with E-state index in [4.69, 9.17) is 9.51 Å². The largest absolute Gasteiger partial charge is 0.355 e. The Bertz CT molecular complexity index is 1070. The quantitative estimate of drug-likeness (QED) is 0.648. The summed E-state index contributed by atoms with van der Waals surface area (Å²) in [7, 11) is 0. The number of fused-ring (bicyclic) bond motifs is 1. The normalized spacial score (nSPS) is 19.0. The van der Waals surface area contributed by atoms with Crippen LogP contribution in [0, 0.1) is 25.7 Å². The Hall–Kier alpha value is -2.96. The Labute approximate surface area is 183 Å². The molecule has 2 aromatic heterocycles. The highest BCUT2D eigenvalue weighted by molar-refractivity contribution is 5.88. The van der Waals surface area contributed by atoms with Crippen molar-refractivity contribution < 1.29 is 9.32 Å². The number of hydrogen-bond donors (Lipinski definition) is 1. The maximum Gasteiger partial charge on any atom is 0.263 e. The summed E-state index contributed by atoms with van der Waals surface area (Å²) in [5.74, 6) is 2.70. The highest BCUT2D eigenvalue weighted by Gasteiger charge is 2.27. The molecule has 7 heteroatoms. The topological polar surface area (TPSA) is 84.2 Å². The molecule has 1 N–H and O–H groups in total. The molecule has 1 amide bonds. The van der Waals surface area contributed by atoms with E-state index < -0.39 is 0 Å². The number of carbonyl (C=O) groups excluding carboxylic acids is 1. The summed E-state index contributed by atoms with van der Waals surface area (Å²) in [6, 6.07) is 8.15. The minimum Gasteiger partial charge on any atom is -0.355 e. The van der Waals surface area contributed by atoms with E-state index in [0.717, 1.165) is 35.6 Å². The Morgan fingerprint density at radius 2 is 1.97 bits per heavy atom. The molecule has 3 heterocycles. The molecule has 7 nitrogen and oxygen atoms in total. The first kappa shape index (κ1) is 21.3. The first-order valence-electron chi connectivity index (χ1n) is 11.1. The van der Waals surface area contributed by atoms with Crippen molar-refractivity contribution in [3.8, 4) is 0 Å². The number of amides is 1. The molecular formula is C24H31N5O2. The van der Waals surface area contributed by atoms with E-state index in [1.165, 1.54) is 12.0 Å². The molecule has 0 bridgehead atoms. The third-order valence-electron chi connectivity index (χ3n) is 5.85. The van der Waals surface area contributed by atoms with Gasteiger partial charge in [-0.25, -0.2) is 4.98 Å². The first-order valence-corrected chi connectivity index (χ1v) is 11.1. The lowest BCUT2D eigenvalue weighted by Gasteiger charge is -2.36. The highest BCUT2D eigenvalue weighted by atomic mass is 16.5. The molecule has 0 saturated carbocycles. The zero-order valence-electron chi connectivity index (χ0n) is 18.8. The van der Waals surface area contributed by atoms with Gasteiger partial charge in [-0.15, -0.1) is 0 Å². The van der Waals surface area contributed by atoms with Crippen molar-refractivity contribution in [2.45, 2.75) is 53.5 Å². The maximum atomic E-state index is 12.4. The summed E-state index contributed by atoms with van der Waals surface area (Å²) in [6.45, 7) is 11.0. The summed E-state index contributed by atoms with van der Waals surface area (Å²) in [5.41, 5.74) is 3.59. The molecule has 1 aliphatic rings. The summed E-state index contributed by atoms with van der Waals surface area (Å²) in [6.07, 6.45) is 2.01. The van der Waals surface area contributed by atoms with Gasteiger partial charge in [0.15, 0.2) is 0 Å². The molecule has 2 unspecified atom stereocenters. The number of carbonyl (C=O) groups is 1. The van der Waals surface area contributed by atoms with Crippen molar-refractivity contribution in [3.05, 3.63) is 46.9 Å². The number of aromatic nitrogens is 3. The number of benzene rings is 1. The summed E-state index contributed by atoms with van der Waals surface area (Å²) < 4.78 is 5.47. The van der Waals surface area contributed by atoms with E-state index in [-0.39, 0.29) is 5.91 Å². The summed E-state index contributed by atoms with van der Waals surface area (Å²) >= 11 is 0. The van der Waals surface area contributed by atoms with E-state index in [1.807, 2.05) is 32.0 Å². The molecule has 3 aromatic rings. The van der Waals surface area contributed by atoms with Crippen LogP contribution in [0.5, 0.6) is 0 Å².